The fourth-order valence-electron chi connectivity index (χ4n) is 5.09. The maximum atomic E-state index is 12.5. The molecule has 0 unspecified atom stereocenters. The lowest BCUT2D eigenvalue weighted by Gasteiger charge is -2.42. The summed E-state index contributed by atoms with van der Waals surface area (Å²) in [6, 6.07) is 0.345. The van der Waals surface area contributed by atoms with Crippen molar-refractivity contribution in [1.82, 2.24) is 5.32 Å². The Balaban J connectivity index is 1.66. The Labute approximate surface area is 175 Å². The standard InChI is InChI=1S/C23H39NO5/c1-7-16(8-2)24-13-19(25)28-17-11-12-23(14-27-23)21(20(17)26-6)22(5)18(29-22)10-9-15(3)4/h9,16-18,20-21,24H,7-8,10-14H2,1-6H3/t17-,18-,20-,21-,22+,23+/m1/s1. The quantitative estimate of drug-likeness (QED) is 0.339. The van der Waals surface area contributed by atoms with Crippen LogP contribution in [0.2, 0.25) is 0 Å². The summed E-state index contributed by atoms with van der Waals surface area (Å²) in [5.41, 5.74) is 0.803. The number of rotatable bonds is 10. The third-order valence-electron chi connectivity index (χ3n) is 7.04. The number of carbonyl (C=O) groups excluding carboxylic acids is 1. The zero-order valence-electron chi connectivity index (χ0n) is 19.0. The van der Waals surface area contributed by atoms with Gasteiger partial charge in [0.25, 0.3) is 0 Å². The van der Waals surface area contributed by atoms with Crippen LogP contribution in [-0.2, 0) is 23.7 Å². The molecule has 0 aromatic carbocycles. The van der Waals surface area contributed by atoms with Gasteiger partial charge in [0.15, 0.2) is 0 Å². The number of epoxide rings is 2. The monoisotopic (exact) mass is 409 g/mol. The number of methoxy groups -OCH3 is 1. The zero-order valence-corrected chi connectivity index (χ0v) is 19.0. The van der Waals surface area contributed by atoms with Gasteiger partial charge in [0.2, 0.25) is 0 Å². The molecule has 3 fully saturated rings. The molecule has 2 aliphatic heterocycles. The maximum Gasteiger partial charge on any atom is 0.320 e. The van der Waals surface area contributed by atoms with Gasteiger partial charge in [0.05, 0.1) is 25.2 Å². The van der Waals surface area contributed by atoms with Crippen molar-refractivity contribution >= 4 is 5.97 Å². The first-order valence-corrected chi connectivity index (χ1v) is 11.2. The van der Waals surface area contributed by atoms with E-state index < -0.39 is 0 Å². The lowest BCUT2D eigenvalue weighted by Crippen LogP contribution is -2.56. The lowest BCUT2D eigenvalue weighted by atomic mass is 9.68. The third kappa shape index (κ3) is 4.87. The molecule has 0 aromatic rings. The molecule has 0 bridgehead atoms. The first kappa shape index (κ1) is 22.7. The van der Waals surface area contributed by atoms with Gasteiger partial charge in [0, 0.05) is 13.2 Å². The molecule has 3 aliphatic rings. The van der Waals surface area contributed by atoms with Crippen molar-refractivity contribution in [1.29, 1.82) is 0 Å². The first-order valence-electron chi connectivity index (χ1n) is 11.2. The topological polar surface area (TPSA) is 72.6 Å². The number of hydrogen-bond donors (Lipinski definition) is 1. The van der Waals surface area contributed by atoms with Crippen molar-refractivity contribution in [3.05, 3.63) is 11.6 Å². The number of esters is 1. The summed E-state index contributed by atoms with van der Waals surface area (Å²) in [5.74, 6) is -0.146. The van der Waals surface area contributed by atoms with Gasteiger partial charge < -0.3 is 24.3 Å². The second kappa shape index (κ2) is 9.04. The molecule has 3 rings (SSSR count). The second-order valence-corrected chi connectivity index (χ2v) is 9.30. The molecule has 6 nitrogen and oxygen atoms in total. The van der Waals surface area contributed by atoms with Crippen molar-refractivity contribution in [3.63, 3.8) is 0 Å². The van der Waals surface area contributed by atoms with Crippen LogP contribution in [0.25, 0.3) is 0 Å². The van der Waals surface area contributed by atoms with Gasteiger partial charge in [-0.05, 0) is 52.9 Å². The smallest absolute Gasteiger partial charge is 0.320 e. The Morgan fingerprint density at radius 1 is 1.31 bits per heavy atom. The van der Waals surface area contributed by atoms with Crippen LogP contribution in [0.3, 0.4) is 0 Å². The zero-order chi connectivity index (χ0) is 21.2. The summed E-state index contributed by atoms with van der Waals surface area (Å²) in [7, 11) is 1.71. The van der Waals surface area contributed by atoms with Gasteiger partial charge >= 0.3 is 5.97 Å². The molecular formula is C23H39NO5. The Hall–Kier alpha value is -0.950. The molecule has 6 atom stereocenters. The van der Waals surface area contributed by atoms with E-state index in [0.29, 0.717) is 6.04 Å². The third-order valence-corrected chi connectivity index (χ3v) is 7.04. The molecule has 2 heterocycles. The Bertz CT molecular complexity index is 608. The largest absolute Gasteiger partial charge is 0.459 e. The van der Waals surface area contributed by atoms with Gasteiger partial charge in [0.1, 0.15) is 23.4 Å². The minimum absolute atomic E-state index is 0.0640. The van der Waals surface area contributed by atoms with E-state index in [9.17, 15) is 4.79 Å². The molecule has 0 aromatic heterocycles. The summed E-state index contributed by atoms with van der Waals surface area (Å²) in [4.78, 5) is 12.5. The fraction of sp³-hybridized carbons (Fsp3) is 0.870. The maximum absolute atomic E-state index is 12.5. The highest BCUT2D eigenvalue weighted by molar-refractivity contribution is 5.72. The highest BCUT2D eigenvalue weighted by Crippen LogP contribution is 2.59. The van der Waals surface area contributed by atoms with Crippen LogP contribution in [0.4, 0.5) is 0 Å². The predicted octanol–water partition coefficient (Wildman–Crippen LogP) is 3.38. The Kier molecular flexibility index (Phi) is 7.09. The highest BCUT2D eigenvalue weighted by atomic mass is 16.6. The van der Waals surface area contributed by atoms with Gasteiger partial charge in [-0.25, -0.2) is 0 Å². The molecular weight excluding hydrogens is 370 g/mol. The summed E-state index contributed by atoms with van der Waals surface area (Å²) >= 11 is 0. The summed E-state index contributed by atoms with van der Waals surface area (Å²) in [6.07, 6.45) is 6.44. The number of nitrogens with one attached hydrogen (secondary N) is 1. The first-order chi connectivity index (χ1) is 13.8. The van der Waals surface area contributed by atoms with E-state index in [1.54, 1.807) is 7.11 Å². The van der Waals surface area contributed by atoms with Crippen LogP contribution in [-0.4, -0.2) is 61.8 Å². The molecule has 2 saturated heterocycles. The second-order valence-electron chi connectivity index (χ2n) is 9.30. The van der Waals surface area contributed by atoms with E-state index in [4.69, 9.17) is 18.9 Å². The van der Waals surface area contributed by atoms with Crippen LogP contribution in [0.15, 0.2) is 11.6 Å². The van der Waals surface area contributed by atoms with Crippen LogP contribution in [0.5, 0.6) is 0 Å². The molecule has 1 saturated carbocycles. The predicted molar refractivity (Wildman–Crippen MR) is 112 cm³/mol. The van der Waals surface area contributed by atoms with Crippen LogP contribution >= 0.6 is 0 Å². The van der Waals surface area contributed by atoms with Crippen molar-refractivity contribution in [2.45, 2.75) is 102 Å². The molecule has 1 spiro atoms. The van der Waals surface area contributed by atoms with E-state index in [0.717, 1.165) is 38.7 Å². The van der Waals surface area contributed by atoms with Gasteiger partial charge in [-0.2, -0.15) is 0 Å². The van der Waals surface area contributed by atoms with Crippen molar-refractivity contribution in [3.8, 4) is 0 Å². The van der Waals surface area contributed by atoms with Crippen molar-refractivity contribution in [2.75, 3.05) is 20.3 Å². The molecule has 0 amide bonds. The number of allylic oxidation sites excluding steroid dienone is 1. The minimum atomic E-state index is -0.304. The fourth-order valence-corrected chi connectivity index (χ4v) is 5.09. The lowest BCUT2D eigenvalue weighted by molar-refractivity contribution is -0.171. The van der Waals surface area contributed by atoms with E-state index in [1.165, 1.54) is 5.57 Å². The minimum Gasteiger partial charge on any atom is -0.459 e. The van der Waals surface area contributed by atoms with Gasteiger partial charge in [-0.3, -0.25) is 4.79 Å². The molecule has 1 N–H and O–H groups in total. The number of hydrogen-bond acceptors (Lipinski definition) is 6. The molecule has 6 heteroatoms. The molecule has 29 heavy (non-hydrogen) atoms. The number of carbonyl (C=O) groups is 1. The highest BCUT2D eigenvalue weighted by Gasteiger charge is 2.72. The SMILES string of the molecule is CCC(CC)NCC(=O)O[C@@H]1CC[C@]2(CO2)[C@@H]([C@@]2(C)O[C@@H]2CC=C(C)C)[C@@H]1OC. The van der Waals surface area contributed by atoms with E-state index in [1.807, 2.05) is 0 Å². The van der Waals surface area contributed by atoms with E-state index >= 15 is 0 Å². The summed E-state index contributed by atoms with van der Waals surface area (Å²) < 4.78 is 24.0. The van der Waals surface area contributed by atoms with Crippen LogP contribution in [0.1, 0.15) is 66.7 Å². The normalized spacial score (nSPS) is 38.2. The van der Waals surface area contributed by atoms with Crippen LogP contribution < -0.4 is 5.32 Å². The average molecular weight is 410 g/mol. The summed E-state index contributed by atoms with van der Waals surface area (Å²) in [6.45, 7) is 11.6. The Morgan fingerprint density at radius 3 is 2.55 bits per heavy atom. The van der Waals surface area contributed by atoms with Crippen LogP contribution in [0, 0.1) is 5.92 Å². The molecule has 1 aliphatic carbocycles. The molecule has 0 radical (unpaired) electrons. The summed E-state index contributed by atoms with van der Waals surface area (Å²) in [5, 5.41) is 3.29. The van der Waals surface area contributed by atoms with Crippen molar-refractivity contribution < 1.29 is 23.7 Å². The van der Waals surface area contributed by atoms with E-state index in [2.05, 4.69) is 46.0 Å². The van der Waals surface area contributed by atoms with Crippen molar-refractivity contribution in [2.24, 2.45) is 5.92 Å². The molecule has 166 valence electrons. The van der Waals surface area contributed by atoms with Gasteiger partial charge in [-0.15, -0.1) is 0 Å². The van der Waals surface area contributed by atoms with E-state index in [-0.39, 0.29) is 47.9 Å². The average Bonchev–Trinajstić information content (AvgIpc) is 3.60. The number of ether oxygens (including phenoxy) is 4. The Morgan fingerprint density at radius 2 is 2.00 bits per heavy atom. The van der Waals surface area contributed by atoms with Gasteiger partial charge in [-0.1, -0.05) is 25.5 Å².